The van der Waals surface area contributed by atoms with Crippen molar-refractivity contribution in [3.63, 3.8) is 0 Å². The molecule has 0 radical (unpaired) electrons. The van der Waals surface area contributed by atoms with Crippen LogP contribution in [0.5, 0.6) is 0 Å². The summed E-state index contributed by atoms with van der Waals surface area (Å²) in [7, 11) is 1.76. The SMILES string of the molecule is CN(C(=O)Cn1cnnn1)C(c1ccccc1)c1ccccn1. The summed E-state index contributed by atoms with van der Waals surface area (Å²) in [5, 5.41) is 10.8. The maximum Gasteiger partial charge on any atom is 0.245 e. The van der Waals surface area contributed by atoms with Crippen molar-refractivity contribution in [3.05, 3.63) is 72.3 Å². The summed E-state index contributed by atoms with van der Waals surface area (Å²) in [5.41, 5.74) is 1.81. The van der Waals surface area contributed by atoms with Crippen LogP contribution in [0.4, 0.5) is 0 Å². The fraction of sp³-hybridized carbons (Fsp3) is 0.188. The summed E-state index contributed by atoms with van der Waals surface area (Å²) in [5.74, 6) is -0.100. The van der Waals surface area contributed by atoms with Gasteiger partial charge in [-0.05, 0) is 28.1 Å². The van der Waals surface area contributed by atoms with Gasteiger partial charge in [-0.15, -0.1) is 5.10 Å². The highest BCUT2D eigenvalue weighted by atomic mass is 16.2. The first kappa shape index (κ1) is 14.8. The van der Waals surface area contributed by atoms with Gasteiger partial charge in [-0.2, -0.15) is 0 Å². The number of pyridine rings is 1. The van der Waals surface area contributed by atoms with Crippen molar-refractivity contribution in [2.24, 2.45) is 0 Å². The molecule has 2 heterocycles. The summed E-state index contributed by atoms with van der Waals surface area (Å²) >= 11 is 0. The number of likely N-dealkylation sites (N-methyl/N-ethyl adjacent to an activating group) is 1. The molecule has 1 atom stereocenters. The third kappa shape index (κ3) is 3.39. The van der Waals surface area contributed by atoms with Crippen molar-refractivity contribution in [1.29, 1.82) is 0 Å². The Kier molecular flexibility index (Phi) is 4.37. The minimum Gasteiger partial charge on any atom is -0.331 e. The average molecular weight is 308 g/mol. The van der Waals surface area contributed by atoms with E-state index in [0.29, 0.717) is 0 Å². The number of rotatable bonds is 5. The van der Waals surface area contributed by atoms with Crippen molar-refractivity contribution < 1.29 is 4.79 Å². The molecule has 0 saturated heterocycles. The van der Waals surface area contributed by atoms with Crippen LogP contribution in [-0.4, -0.2) is 43.0 Å². The van der Waals surface area contributed by atoms with Crippen LogP contribution >= 0.6 is 0 Å². The molecule has 1 unspecified atom stereocenters. The van der Waals surface area contributed by atoms with Gasteiger partial charge in [0.25, 0.3) is 0 Å². The van der Waals surface area contributed by atoms with E-state index in [2.05, 4.69) is 20.5 Å². The molecule has 0 fully saturated rings. The Labute approximate surface area is 133 Å². The van der Waals surface area contributed by atoms with Gasteiger partial charge < -0.3 is 4.90 Å². The fourth-order valence-corrected chi connectivity index (χ4v) is 2.41. The van der Waals surface area contributed by atoms with Crippen LogP contribution in [0.2, 0.25) is 0 Å². The van der Waals surface area contributed by atoms with E-state index in [1.807, 2.05) is 48.5 Å². The molecular weight excluding hydrogens is 292 g/mol. The number of tetrazole rings is 1. The first-order chi connectivity index (χ1) is 11.3. The van der Waals surface area contributed by atoms with Gasteiger partial charge in [0.2, 0.25) is 5.91 Å². The molecule has 0 bridgehead atoms. The second-order valence-electron chi connectivity index (χ2n) is 5.08. The zero-order chi connectivity index (χ0) is 16.1. The van der Waals surface area contributed by atoms with E-state index in [9.17, 15) is 4.79 Å². The van der Waals surface area contributed by atoms with E-state index in [1.54, 1.807) is 18.1 Å². The predicted molar refractivity (Wildman–Crippen MR) is 83.1 cm³/mol. The highest BCUT2D eigenvalue weighted by Gasteiger charge is 2.24. The summed E-state index contributed by atoms with van der Waals surface area (Å²) in [4.78, 5) is 18.7. The lowest BCUT2D eigenvalue weighted by molar-refractivity contribution is -0.132. The van der Waals surface area contributed by atoms with Crippen LogP contribution in [0.25, 0.3) is 0 Å². The van der Waals surface area contributed by atoms with E-state index < -0.39 is 0 Å². The number of hydrogen-bond donors (Lipinski definition) is 0. The molecule has 3 aromatic rings. The molecule has 2 aromatic heterocycles. The van der Waals surface area contributed by atoms with Gasteiger partial charge in [0.1, 0.15) is 12.9 Å². The average Bonchev–Trinajstić information content (AvgIpc) is 3.10. The molecule has 3 rings (SSSR count). The van der Waals surface area contributed by atoms with Crippen molar-refractivity contribution in [3.8, 4) is 0 Å². The lowest BCUT2D eigenvalue weighted by atomic mass is 10.0. The Balaban J connectivity index is 1.90. The van der Waals surface area contributed by atoms with Crippen LogP contribution in [-0.2, 0) is 11.3 Å². The van der Waals surface area contributed by atoms with Crippen molar-refractivity contribution in [2.75, 3.05) is 7.05 Å². The summed E-state index contributed by atoms with van der Waals surface area (Å²) in [6.07, 6.45) is 3.15. The van der Waals surface area contributed by atoms with E-state index in [1.165, 1.54) is 11.0 Å². The molecule has 7 heteroatoms. The molecule has 23 heavy (non-hydrogen) atoms. The van der Waals surface area contributed by atoms with E-state index in [4.69, 9.17) is 0 Å². The van der Waals surface area contributed by atoms with Gasteiger partial charge >= 0.3 is 0 Å². The van der Waals surface area contributed by atoms with Gasteiger partial charge in [0, 0.05) is 13.2 Å². The minimum absolute atomic E-state index is 0.0830. The van der Waals surface area contributed by atoms with Crippen molar-refractivity contribution in [1.82, 2.24) is 30.1 Å². The fourth-order valence-electron chi connectivity index (χ4n) is 2.41. The van der Waals surface area contributed by atoms with Crippen LogP contribution in [0.15, 0.2) is 61.1 Å². The Bertz CT molecular complexity index is 705. The van der Waals surface area contributed by atoms with Gasteiger partial charge in [0.05, 0.1) is 11.7 Å². The lowest BCUT2D eigenvalue weighted by Crippen LogP contribution is -2.35. The number of carbonyl (C=O) groups excluding carboxylic acids is 1. The number of benzene rings is 1. The lowest BCUT2D eigenvalue weighted by Gasteiger charge is -2.28. The molecule has 0 aliphatic heterocycles. The predicted octanol–water partition coefficient (Wildman–Crippen LogP) is 1.32. The Morgan fingerprint density at radius 1 is 1.17 bits per heavy atom. The molecule has 116 valence electrons. The molecule has 0 aliphatic carbocycles. The molecule has 0 spiro atoms. The Morgan fingerprint density at radius 2 is 1.96 bits per heavy atom. The maximum absolute atomic E-state index is 12.6. The third-order valence-corrected chi connectivity index (χ3v) is 3.55. The van der Waals surface area contributed by atoms with Gasteiger partial charge in [0.15, 0.2) is 0 Å². The van der Waals surface area contributed by atoms with Gasteiger partial charge in [-0.1, -0.05) is 36.4 Å². The molecule has 0 N–H and O–H groups in total. The number of hydrogen-bond acceptors (Lipinski definition) is 5. The topological polar surface area (TPSA) is 76.8 Å². The molecule has 0 saturated carbocycles. The molecule has 1 amide bonds. The van der Waals surface area contributed by atoms with Gasteiger partial charge in [-0.3, -0.25) is 9.78 Å². The Morgan fingerprint density at radius 3 is 2.61 bits per heavy atom. The van der Waals surface area contributed by atoms with Crippen LogP contribution < -0.4 is 0 Å². The highest BCUT2D eigenvalue weighted by molar-refractivity contribution is 5.76. The van der Waals surface area contributed by atoms with E-state index in [-0.39, 0.29) is 18.5 Å². The molecular formula is C16H16N6O. The second kappa shape index (κ2) is 6.78. The van der Waals surface area contributed by atoms with Crippen LogP contribution in [0, 0.1) is 0 Å². The summed E-state index contributed by atoms with van der Waals surface area (Å²) < 4.78 is 1.40. The normalized spacial score (nSPS) is 11.9. The number of aromatic nitrogens is 5. The van der Waals surface area contributed by atoms with Crippen LogP contribution in [0.1, 0.15) is 17.3 Å². The minimum atomic E-state index is -0.263. The number of amides is 1. The van der Waals surface area contributed by atoms with Crippen molar-refractivity contribution >= 4 is 5.91 Å². The quantitative estimate of drug-likeness (QED) is 0.710. The smallest absolute Gasteiger partial charge is 0.245 e. The zero-order valence-electron chi connectivity index (χ0n) is 12.6. The third-order valence-electron chi connectivity index (χ3n) is 3.55. The van der Waals surface area contributed by atoms with E-state index >= 15 is 0 Å². The number of carbonyl (C=O) groups is 1. The summed E-state index contributed by atoms with van der Waals surface area (Å²) in [6, 6.07) is 15.2. The van der Waals surface area contributed by atoms with Crippen molar-refractivity contribution in [2.45, 2.75) is 12.6 Å². The van der Waals surface area contributed by atoms with Gasteiger partial charge in [-0.25, -0.2) is 4.68 Å². The largest absolute Gasteiger partial charge is 0.331 e. The monoisotopic (exact) mass is 308 g/mol. The second-order valence-corrected chi connectivity index (χ2v) is 5.08. The highest BCUT2D eigenvalue weighted by Crippen LogP contribution is 2.26. The summed E-state index contributed by atoms with van der Waals surface area (Å²) in [6.45, 7) is 0.0830. The standard InChI is InChI=1S/C16H16N6O/c1-21(15(23)11-22-12-18-19-20-22)16(13-7-3-2-4-8-13)14-9-5-6-10-17-14/h2-10,12,16H,11H2,1H3. The zero-order valence-corrected chi connectivity index (χ0v) is 12.6. The Hall–Kier alpha value is -3.09. The first-order valence-electron chi connectivity index (χ1n) is 7.18. The molecule has 1 aromatic carbocycles. The number of nitrogens with zero attached hydrogens (tertiary/aromatic N) is 6. The van der Waals surface area contributed by atoms with E-state index in [0.717, 1.165) is 11.3 Å². The molecule has 7 nitrogen and oxygen atoms in total. The molecule has 0 aliphatic rings. The maximum atomic E-state index is 12.6. The van der Waals surface area contributed by atoms with Crippen LogP contribution in [0.3, 0.4) is 0 Å². The first-order valence-corrected chi connectivity index (χ1v) is 7.18.